The molecule has 26 heavy (non-hydrogen) atoms. The number of benzene rings is 2. The molecule has 5 heteroatoms. The van der Waals surface area contributed by atoms with Crippen molar-refractivity contribution in [3.05, 3.63) is 65.2 Å². The average molecular weight is 350 g/mol. The summed E-state index contributed by atoms with van der Waals surface area (Å²) >= 11 is 0. The van der Waals surface area contributed by atoms with Gasteiger partial charge in [-0.15, -0.1) is 6.42 Å². The van der Waals surface area contributed by atoms with E-state index in [1.807, 2.05) is 56.3 Å². The smallest absolute Gasteiger partial charge is 0.414 e. The number of ether oxygens (including phenoxy) is 1. The zero-order valence-corrected chi connectivity index (χ0v) is 15.2. The number of methoxy groups -OCH3 is 1. The Morgan fingerprint density at radius 2 is 1.88 bits per heavy atom. The van der Waals surface area contributed by atoms with Gasteiger partial charge in [-0.1, -0.05) is 59.1 Å². The summed E-state index contributed by atoms with van der Waals surface area (Å²) in [4.78, 5) is 18.9. The summed E-state index contributed by atoms with van der Waals surface area (Å²) in [5, 5.41) is 4.17. The molecule has 1 amide bonds. The Bertz CT molecular complexity index is 820. The maximum absolute atomic E-state index is 12.0. The lowest BCUT2D eigenvalue weighted by atomic mass is 10.1. The SMILES string of the molecule is C#CCN(C(=O)OC)c1ccccc1CON=C(C)c1ccc(C)cc1. The number of aryl methyl sites for hydroxylation is 1. The zero-order valence-electron chi connectivity index (χ0n) is 15.2. The lowest BCUT2D eigenvalue weighted by Crippen LogP contribution is -2.31. The van der Waals surface area contributed by atoms with Crippen molar-refractivity contribution in [3.63, 3.8) is 0 Å². The van der Waals surface area contributed by atoms with Gasteiger partial charge in [0.15, 0.2) is 0 Å². The number of hydrogen-bond donors (Lipinski definition) is 0. The van der Waals surface area contributed by atoms with E-state index in [0.29, 0.717) is 5.69 Å². The second kappa shape index (κ2) is 9.28. The molecule has 0 aliphatic carbocycles. The minimum absolute atomic E-state index is 0.106. The van der Waals surface area contributed by atoms with Crippen molar-refractivity contribution in [1.82, 2.24) is 0 Å². The minimum atomic E-state index is -0.519. The van der Waals surface area contributed by atoms with Crippen LogP contribution < -0.4 is 4.90 Å². The molecule has 0 spiro atoms. The van der Waals surface area contributed by atoms with E-state index < -0.39 is 6.09 Å². The summed E-state index contributed by atoms with van der Waals surface area (Å²) < 4.78 is 4.81. The first-order chi connectivity index (χ1) is 12.6. The molecule has 0 aliphatic heterocycles. The molecule has 0 aliphatic rings. The maximum atomic E-state index is 12.0. The lowest BCUT2D eigenvalue weighted by molar-refractivity contribution is 0.130. The van der Waals surface area contributed by atoms with E-state index in [-0.39, 0.29) is 13.2 Å². The number of hydrogen-bond acceptors (Lipinski definition) is 4. The van der Waals surface area contributed by atoms with Crippen molar-refractivity contribution in [1.29, 1.82) is 0 Å². The number of oxime groups is 1. The van der Waals surface area contributed by atoms with Crippen LogP contribution in [-0.2, 0) is 16.2 Å². The van der Waals surface area contributed by atoms with Crippen LogP contribution in [0.1, 0.15) is 23.6 Å². The van der Waals surface area contributed by atoms with Gasteiger partial charge >= 0.3 is 6.09 Å². The first-order valence-corrected chi connectivity index (χ1v) is 8.17. The molecule has 0 bridgehead atoms. The molecule has 0 atom stereocenters. The largest absolute Gasteiger partial charge is 0.452 e. The highest BCUT2D eigenvalue weighted by atomic mass is 16.6. The number of carbonyl (C=O) groups is 1. The average Bonchev–Trinajstić information content (AvgIpc) is 2.66. The number of para-hydroxylation sites is 1. The van der Waals surface area contributed by atoms with Gasteiger partial charge in [0.25, 0.3) is 0 Å². The van der Waals surface area contributed by atoms with Crippen molar-refractivity contribution < 1.29 is 14.4 Å². The van der Waals surface area contributed by atoms with E-state index in [0.717, 1.165) is 16.8 Å². The van der Waals surface area contributed by atoms with E-state index in [9.17, 15) is 4.79 Å². The van der Waals surface area contributed by atoms with E-state index in [1.54, 1.807) is 6.07 Å². The fourth-order valence-corrected chi connectivity index (χ4v) is 2.39. The third-order valence-electron chi connectivity index (χ3n) is 3.82. The molecule has 0 N–H and O–H groups in total. The van der Waals surface area contributed by atoms with Crippen molar-refractivity contribution >= 4 is 17.5 Å². The van der Waals surface area contributed by atoms with Gasteiger partial charge in [-0.2, -0.15) is 0 Å². The lowest BCUT2D eigenvalue weighted by Gasteiger charge is -2.21. The molecule has 2 aromatic rings. The van der Waals surface area contributed by atoms with Crippen LogP contribution in [-0.4, -0.2) is 25.5 Å². The Balaban J connectivity index is 2.15. The molecule has 0 saturated heterocycles. The maximum Gasteiger partial charge on any atom is 0.414 e. The predicted molar refractivity (Wildman–Crippen MR) is 103 cm³/mol. The predicted octanol–water partition coefficient (Wildman–Crippen LogP) is 4.14. The molecule has 0 fully saturated rings. The molecule has 0 heterocycles. The first-order valence-electron chi connectivity index (χ1n) is 8.17. The van der Waals surface area contributed by atoms with Gasteiger partial charge in [0.2, 0.25) is 0 Å². The summed E-state index contributed by atoms with van der Waals surface area (Å²) in [5.74, 6) is 2.47. The Labute approximate surface area is 154 Å². The number of nitrogens with zero attached hydrogens (tertiary/aromatic N) is 2. The number of rotatable bonds is 6. The zero-order chi connectivity index (χ0) is 18.9. The van der Waals surface area contributed by atoms with Crippen molar-refractivity contribution in [2.75, 3.05) is 18.6 Å². The molecule has 2 aromatic carbocycles. The molecule has 0 aromatic heterocycles. The second-order valence-corrected chi connectivity index (χ2v) is 5.71. The van der Waals surface area contributed by atoms with Crippen molar-refractivity contribution in [2.45, 2.75) is 20.5 Å². The van der Waals surface area contributed by atoms with Crippen LogP contribution in [0.5, 0.6) is 0 Å². The first kappa shape index (κ1) is 19.1. The second-order valence-electron chi connectivity index (χ2n) is 5.71. The molecule has 0 saturated carbocycles. The van der Waals surface area contributed by atoms with Crippen LogP contribution in [0.3, 0.4) is 0 Å². The molecular weight excluding hydrogens is 328 g/mol. The van der Waals surface area contributed by atoms with Gasteiger partial charge in [0.1, 0.15) is 6.61 Å². The molecule has 2 rings (SSSR count). The van der Waals surface area contributed by atoms with Gasteiger partial charge < -0.3 is 9.57 Å². The van der Waals surface area contributed by atoms with E-state index >= 15 is 0 Å². The highest BCUT2D eigenvalue weighted by Crippen LogP contribution is 2.22. The van der Waals surface area contributed by atoms with E-state index in [2.05, 4.69) is 11.1 Å². The van der Waals surface area contributed by atoms with E-state index in [1.165, 1.54) is 17.6 Å². The quantitative estimate of drug-likeness (QED) is 0.447. The highest BCUT2D eigenvalue weighted by molar-refractivity contribution is 5.98. The molecule has 5 nitrogen and oxygen atoms in total. The monoisotopic (exact) mass is 350 g/mol. The van der Waals surface area contributed by atoms with Gasteiger partial charge in [-0.3, -0.25) is 4.90 Å². The van der Waals surface area contributed by atoms with Gasteiger partial charge in [-0.25, -0.2) is 4.79 Å². The minimum Gasteiger partial charge on any atom is -0.452 e. The summed E-state index contributed by atoms with van der Waals surface area (Å²) in [6.07, 6.45) is 4.85. The van der Waals surface area contributed by atoms with Gasteiger partial charge in [-0.05, 0) is 25.5 Å². The van der Waals surface area contributed by atoms with Crippen LogP contribution in [0.15, 0.2) is 53.7 Å². The van der Waals surface area contributed by atoms with Crippen LogP contribution in [0.25, 0.3) is 0 Å². The Hall–Kier alpha value is -3.26. The number of terminal acetylenes is 1. The Morgan fingerprint density at radius 3 is 2.54 bits per heavy atom. The van der Waals surface area contributed by atoms with Crippen LogP contribution >= 0.6 is 0 Å². The summed E-state index contributed by atoms with van der Waals surface area (Å²) in [5.41, 5.74) is 4.38. The molecule has 134 valence electrons. The van der Waals surface area contributed by atoms with Crippen LogP contribution in [0, 0.1) is 19.3 Å². The standard InChI is InChI=1S/C21H22N2O3/c1-5-14-23(21(24)25-4)20-9-7-6-8-19(20)15-26-22-17(3)18-12-10-16(2)11-13-18/h1,6-13H,14-15H2,2-4H3. The van der Waals surface area contributed by atoms with Crippen LogP contribution in [0.2, 0.25) is 0 Å². The topological polar surface area (TPSA) is 51.1 Å². The molecular formula is C21H22N2O3. The molecule has 0 unspecified atom stereocenters. The van der Waals surface area contributed by atoms with Crippen LogP contribution in [0.4, 0.5) is 10.5 Å². The Morgan fingerprint density at radius 1 is 1.19 bits per heavy atom. The number of amides is 1. The summed E-state index contributed by atoms with van der Waals surface area (Å²) in [6, 6.07) is 15.4. The third-order valence-corrected chi connectivity index (χ3v) is 3.82. The molecule has 0 radical (unpaired) electrons. The Kier molecular flexibility index (Phi) is 6.81. The van der Waals surface area contributed by atoms with Gasteiger partial charge in [0.05, 0.1) is 25.1 Å². The number of carbonyl (C=O) groups excluding carboxylic acids is 1. The normalized spacial score (nSPS) is 10.8. The highest BCUT2D eigenvalue weighted by Gasteiger charge is 2.18. The fraction of sp³-hybridized carbons (Fsp3) is 0.238. The summed E-state index contributed by atoms with van der Waals surface area (Å²) in [6.45, 7) is 4.23. The summed E-state index contributed by atoms with van der Waals surface area (Å²) in [7, 11) is 1.32. The van der Waals surface area contributed by atoms with Crippen molar-refractivity contribution in [2.24, 2.45) is 5.16 Å². The number of anilines is 1. The third kappa shape index (κ3) is 4.87. The van der Waals surface area contributed by atoms with Gasteiger partial charge in [0, 0.05) is 5.56 Å². The fourth-order valence-electron chi connectivity index (χ4n) is 2.39. The van der Waals surface area contributed by atoms with Crippen molar-refractivity contribution in [3.8, 4) is 12.3 Å². The van der Waals surface area contributed by atoms with E-state index in [4.69, 9.17) is 16.0 Å².